The number of benzene rings is 3. The predicted octanol–water partition coefficient (Wildman–Crippen LogP) is 3.04. The maximum atomic E-state index is 13.6. The summed E-state index contributed by atoms with van der Waals surface area (Å²) in [5, 5.41) is 19.6. The predicted molar refractivity (Wildman–Crippen MR) is 166 cm³/mol. The monoisotopic (exact) mass is 642 g/mol. The number of aliphatic hydroxyl groups excluding tert-OH is 2. The van der Waals surface area contributed by atoms with Gasteiger partial charge in [0.15, 0.2) is 16.1 Å². The Bertz CT molecular complexity index is 1390. The zero-order valence-electron chi connectivity index (χ0n) is 25.3. The lowest BCUT2D eigenvalue weighted by atomic mass is 9.98. The van der Waals surface area contributed by atoms with Gasteiger partial charge in [-0.3, -0.25) is 0 Å². The third-order valence-electron chi connectivity index (χ3n) is 8.02. The van der Waals surface area contributed by atoms with Crippen LogP contribution in [0.1, 0.15) is 23.1 Å². The lowest BCUT2D eigenvalue weighted by Crippen LogP contribution is -2.62. The van der Waals surface area contributed by atoms with E-state index >= 15 is 0 Å². The second-order valence-corrected chi connectivity index (χ2v) is 13.6. The SMILES string of the molecule is CO[C@H]1O[C@H](CS(=O)(=O)C[C@H]2C[C@H](O)[C@@H](CO)O2)[C@@H](OCc2ccccc2)[C@H](OCc2ccccc2)[C@H]1OCc1ccccc1. The van der Waals surface area contributed by atoms with Crippen LogP contribution in [0.4, 0.5) is 0 Å². The number of rotatable bonds is 15. The average Bonchev–Trinajstić information content (AvgIpc) is 3.41. The van der Waals surface area contributed by atoms with Crippen LogP contribution in [0.3, 0.4) is 0 Å². The molecule has 5 rings (SSSR count). The van der Waals surface area contributed by atoms with Crippen LogP contribution in [-0.4, -0.2) is 92.9 Å². The van der Waals surface area contributed by atoms with Gasteiger partial charge in [0.2, 0.25) is 0 Å². The molecule has 0 aliphatic carbocycles. The van der Waals surface area contributed by atoms with Crippen LogP contribution >= 0.6 is 0 Å². The normalized spacial score (nSPS) is 28.7. The molecule has 0 saturated carbocycles. The molecule has 0 spiro atoms. The van der Waals surface area contributed by atoms with Crippen LogP contribution in [0.25, 0.3) is 0 Å². The van der Waals surface area contributed by atoms with Crippen molar-refractivity contribution in [3.05, 3.63) is 108 Å². The fourth-order valence-electron chi connectivity index (χ4n) is 5.76. The molecule has 45 heavy (non-hydrogen) atoms. The molecule has 2 fully saturated rings. The summed E-state index contributed by atoms with van der Waals surface area (Å²) in [6, 6.07) is 28.9. The fraction of sp³-hybridized carbons (Fsp3) is 0.471. The molecule has 244 valence electrons. The van der Waals surface area contributed by atoms with Crippen molar-refractivity contribution in [2.45, 2.75) is 75.3 Å². The van der Waals surface area contributed by atoms with E-state index in [1.807, 2.05) is 91.0 Å². The van der Waals surface area contributed by atoms with Gasteiger partial charge in [-0.15, -0.1) is 0 Å². The summed E-state index contributed by atoms with van der Waals surface area (Å²) in [6.07, 6.45) is -6.67. The highest BCUT2D eigenvalue weighted by atomic mass is 32.2. The Morgan fingerprint density at radius 3 is 1.64 bits per heavy atom. The highest BCUT2D eigenvalue weighted by Crippen LogP contribution is 2.32. The summed E-state index contributed by atoms with van der Waals surface area (Å²) < 4.78 is 64.2. The van der Waals surface area contributed by atoms with E-state index < -0.39 is 64.6 Å². The van der Waals surface area contributed by atoms with E-state index in [1.54, 1.807) is 0 Å². The van der Waals surface area contributed by atoms with Crippen molar-refractivity contribution in [3.8, 4) is 0 Å². The summed E-state index contributed by atoms with van der Waals surface area (Å²) >= 11 is 0. The first-order chi connectivity index (χ1) is 21.8. The maximum Gasteiger partial charge on any atom is 0.186 e. The van der Waals surface area contributed by atoms with Crippen LogP contribution in [0.2, 0.25) is 0 Å². The molecule has 0 aromatic heterocycles. The summed E-state index contributed by atoms with van der Waals surface area (Å²) in [7, 11) is -2.32. The first-order valence-electron chi connectivity index (χ1n) is 15.1. The molecule has 0 radical (unpaired) electrons. The third kappa shape index (κ3) is 9.41. The minimum absolute atomic E-state index is 0.114. The molecule has 0 unspecified atom stereocenters. The number of ether oxygens (including phenoxy) is 6. The molecule has 2 saturated heterocycles. The highest BCUT2D eigenvalue weighted by molar-refractivity contribution is 7.91. The molecule has 11 heteroatoms. The zero-order chi connectivity index (χ0) is 31.6. The largest absolute Gasteiger partial charge is 0.394 e. The summed E-state index contributed by atoms with van der Waals surface area (Å²) in [5.74, 6) is -0.740. The Morgan fingerprint density at radius 2 is 1.18 bits per heavy atom. The number of hydrogen-bond acceptors (Lipinski definition) is 10. The Morgan fingerprint density at radius 1 is 0.689 bits per heavy atom. The summed E-state index contributed by atoms with van der Waals surface area (Å²) in [4.78, 5) is 0. The Balaban J connectivity index is 1.41. The van der Waals surface area contributed by atoms with Crippen molar-refractivity contribution < 1.29 is 47.1 Å². The molecule has 0 amide bonds. The van der Waals surface area contributed by atoms with Gasteiger partial charge in [-0.1, -0.05) is 91.0 Å². The van der Waals surface area contributed by atoms with Crippen molar-refractivity contribution in [2.24, 2.45) is 0 Å². The fourth-order valence-corrected chi connectivity index (χ4v) is 7.44. The molecule has 10 nitrogen and oxygen atoms in total. The van der Waals surface area contributed by atoms with Crippen molar-refractivity contribution in [3.63, 3.8) is 0 Å². The first kappa shape index (κ1) is 33.6. The van der Waals surface area contributed by atoms with E-state index in [4.69, 9.17) is 28.4 Å². The van der Waals surface area contributed by atoms with E-state index in [-0.39, 0.29) is 38.6 Å². The number of aliphatic hydroxyl groups is 2. The zero-order valence-corrected chi connectivity index (χ0v) is 26.1. The molecule has 3 aromatic rings. The van der Waals surface area contributed by atoms with Crippen molar-refractivity contribution in [1.82, 2.24) is 0 Å². The van der Waals surface area contributed by atoms with Crippen LogP contribution in [0, 0.1) is 0 Å². The van der Waals surface area contributed by atoms with Gasteiger partial charge in [-0.05, 0) is 16.7 Å². The summed E-state index contributed by atoms with van der Waals surface area (Å²) in [5.41, 5.74) is 2.78. The Hall–Kier alpha value is -2.71. The lowest BCUT2D eigenvalue weighted by molar-refractivity contribution is -0.313. The number of hydrogen-bond donors (Lipinski definition) is 2. The van der Waals surface area contributed by atoms with E-state index in [0.29, 0.717) is 0 Å². The van der Waals surface area contributed by atoms with E-state index in [0.717, 1.165) is 16.7 Å². The topological polar surface area (TPSA) is 130 Å². The highest BCUT2D eigenvalue weighted by Gasteiger charge is 2.50. The van der Waals surface area contributed by atoms with Crippen molar-refractivity contribution in [2.75, 3.05) is 25.2 Å². The van der Waals surface area contributed by atoms with Crippen LogP contribution in [-0.2, 0) is 58.1 Å². The third-order valence-corrected chi connectivity index (χ3v) is 9.73. The van der Waals surface area contributed by atoms with E-state index in [9.17, 15) is 18.6 Å². The molecule has 8 atom stereocenters. The molecule has 2 aliphatic heterocycles. The van der Waals surface area contributed by atoms with Crippen LogP contribution in [0.5, 0.6) is 0 Å². The Labute approximate surface area is 264 Å². The maximum absolute atomic E-state index is 13.6. The standard InChI is InChI=1S/C34H42O10S/c1-39-34-33(42-21-26-15-9-4-10-16-26)32(41-20-25-13-7-3-8-14-25)31(40-19-24-11-5-2-6-12-24)30(44-34)23-45(37,38)22-27-17-28(36)29(18-35)43-27/h2-16,27-36H,17-23H2,1H3/t27-,28+,29-,30-,31-,32+,33-,34+/m1/s1. The molecule has 2 aliphatic rings. The molecule has 2 heterocycles. The van der Waals surface area contributed by atoms with Crippen LogP contribution in [0.15, 0.2) is 91.0 Å². The van der Waals surface area contributed by atoms with Gasteiger partial charge >= 0.3 is 0 Å². The number of methoxy groups -OCH3 is 1. The van der Waals surface area contributed by atoms with Gasteiger partial charge in [0.25, 0.3) is 0 Å². The molecule has 2 N–H and O–H groups in total. The van der Waals surface area contributed by atoms with Crippen molar-refractivity contribution >= 4 is 9.84 Å². The second kappa shape index (κ2) is 16.2. The quantitative estimate of drug-likeness (QED) is 0.255. The lowest BCUT2D eigenvalue weighted by Gasteiger charge is -2.45. The minimum atomic E-state index is -3.81. The van der Waals surface area contributed by atoms with Gasteiger partial charge in [0.1, 0.15) is 30.5 Å². The van der Waals surface area contributed by atoms with Gasteiger partial charge < -0.3 is 38.6 Å². The first-order valence-corrected chi connectivity index (χ1v) is 17.0. The second-order valence-electron chi connectivity index (χ2n) is 11.4. The van der Waals surface area contributed by atoms with Gasteiger partial charge in [-0.2, -0.15) is 0 Å². The molecular formula is C34H42O10S. The Kier molecular flexibility index (Phi) is 12.1. The minimum Gasteiger partial charge on any atom is -0.394 e. The van der Waals surface area contributed by atoms with Gasteiger partial charge in [-0.25, -0.2) is 8.42 Å². The van der Waals surface area contributed by atoms with Gasteiger partial charge in [0, 0.05) is 13.5 Å². The van der Waals surface area contributed by atoms with Crippen molar-refractivity contribution in [1.29, 1.82) is 0 Å². The summed E-state index contributed by atoms with van der Waals surface area (Å²) in [6.45, 7) is 0.283. The van der Waals surface area contributed by atoms with E-state index in [2.05, 4.69) is 0 Å². The number of sulfone groups is 1. The molecule has 3 aromatic carbocycles. The average molecular weight is 643 g/mol. The van der Waals surface area contributed by atoms with Gasteiger partial charge in [0.05, 0.1) is 50.1 Å². The smallest absolute Gasteiger partial charge is 0.186 e. The van der Waals surface area contributed by atoms with Crippen LogP contribution < -0.4 is 0 Å². The van der Waals surface area contributed by atoms with E-state index in [1.165, 1.54) is 7.11 Å². The molecular weight excluding hydrogens is 600 g/mol. The molecule has 0 bridgehead atoms.